The fraction of sp³-hybridized carbons (Fsp3) is 0.118. The van der Waals surface area contributed by atoms with Gasteiger partial charge in [0, 0.05) is 43.3 Å². The number of nitro groups is 1. The van der Waals surface area contributed by atoms with Crippen LogP contribution in [0.4, 0.5) is 23.0 Å². The standard InChI is InChI=1S/C17H17N7O4S/c25-24(26)14-1-3-15(4-2-14)29(27,28)20-12-11-19-16-5-6-17(23-22-16)21-13-7-9-18-10-8-13/h1-10,20H,11-12H2,(H,19,22)(H,18,21,23). The molecule has 0 radical (unpaired) electrons. The normalized spacial score (nSPS) is 11.0. The number of nitrogens with zero attached hydrogens (tertiary/aromatic N) is 4. The number of hydrogen-bond donors (Lipinski definition) is 3. The molecule has 3 rings (SSSR count). The second-order valence-corrected chi connectivity index (χ2v) is 7.51. The van der Waals surface area contributed by atoms with Gasteiger partial charge in [0.1, 0.15) is 5.82 Å². The van der Waals surface area contributed by atoms with E-state index in [-0.39, 0.29) is 23.7 Å². The lowest BCUT2D eigenvalue weighted by molar-refractivity contribution is -0.384. The van der Waals surface area contributed by atoms with Crippen molar-refractivity contribution in [2.24, 2.45) is 0 Å². The second-order valence-electron chi connectivity index (χ2n) is 5.74. The number of benzene rings is 1. The molecule has 3 aromatic rings. The molecule has 0 spiro atoms. The van der Waals surface area contributed by atoms with E-state index in [4.69, 9.17) is 0 Å². The zero-order valence-corrected chi connectivity index (χ0v) is 15.8. The monoisotopic (exact) mass is 415 g/mol. The quantitative estimate of drug-likeness (QED) is 0.270. The van der Waals surface area contributed by atoms with Crippen molar-refractivity contribution in [3.05, 3.63) is 71.0 Å². The summed E-state index contributed by atoms with van der Waals surface area (Å²) in [7, 11) is -3.76. The predicted molar refractivity (Wildman–Crippen MR) is 106 cm³/mol. The summed E-state index contributed by atoms with van der Waals surface area (Å²) in [5.41, 5.74) is 0.654. The molecule has 2 heterocycles. The summed E-state index contributed by atoms with van der Waals surface area (Å²) in [6.07, 6.45) is 3.31. The maximum absolute atomic E-state index is 12.2. The number of nitrogens with one attached hydrogen (secondary N) is 3. The molecule has 11 nitrogen and oxygen atoms in total. The van der Waals surface area contributed by atoms with E-state index >= 15 is 0 Å². The van der Waals surface area contributed by atoms with Crippen molar-refractivity contribution in [1.29, 1.82) is 0 Å². The molecule has 0 bridgehead atoms. The van der Waals surface area contributed by atoms with Gasteiger partial charge in [-0.3, -0.25) is 15.1 Å². The average molecular weight is 415 g/mol. The van der Waals surface area contributed by atoms with Crippen LogP contribution in [0.15, 0.2) is 65.8 Å². The molecular weight excluding hydrogens is 398 g/mol. The van der Waals surface area contributed by atoms with Gasteiger partial charge in [-0.15, -0.1) is 10.2 Å². The first-order valence-corrected chi connectivity index (χ1v) is 9.91. The molecule has 2 aromatic heterocycles. The first kappa shape index (κ1) is 20.1. The smallest absolute Gasteiger partial charge is 0.269 e. The molecule has 0 aliphatic carbocycles. The Morgan fingerprint density at radius 2 is 1.55 bits per heavy atom. The molecule has 0 atom stereocenters. The summed E-state index contributed by atoms with van der Waals surface area (Å²) in [4.78, 5) is 13.9. The highest BCUT2D eigenvalue weighted by Crippen LogP contribution is 2.16. The molecule has 3 N–H and O–H groups in total. The highest BCUT2D eigenvalue weighted by Gasteiger charge is 2.15. The largest absolute Gasteiger partial charge is 0.367 e. The minimum absolute atomic E-state index is 0.0468. The first-order valence-electron chi connectivity index (χ1n) is 8.43. The number of nitro benzene ring substituents is 1. The molecule has 150 valence electrons. The molecule has 0 aliphatic rings. The summed E-state index contributed by atoms with van der Waals surface area (Å²) < 4.78 is 26.8. The van der Waals surface area contributed by atoms with E-state index in [0.29, 0.717) is 11.6 Å². The molecule has 1 aromatic carbocycles. The van der Waals surface area contributed by atoms with E-state index < -0.39 is 14.9 Å². The van der Waals surface area contributed by atoms with Crippen LogP contribution in [0.5, 0.6) is 0 Å². The lowest BCUT2D eigenvalue weighted by atomic mass is 10.3. The number of anilines is 3. The summed E-state index contributed by atoms with van der Waals surface area (Å²) in [5.74, 6) is 1.04. The summed E-state index contributed by atoms with van der Waals surface area (Å²) in [5, 5.41) is 24.7. The SMILES string of the molecule is O=[N+]([O-])c1ccc(S(=O)(=O)NCCNc2ccc(Nc3ccncc3)nn2)cc1. The number of sulfonamides is 1. The third-order valence-electron chi connectivity index (χ3n) is 3.70. The van der Waals surface area contributed by atoms with Crippen LogP contribution in [0.25, 0.3) is 0 Å². The van der Waals surface area contributed by atoms with Crippen LogP contribution < -0.4 is 15.4 Å². The van der Waals surface area contributed by atoms with E-state index in [0.717, 1.165) is 17.8 Å². The molecule has 0 aliphatic heterocycles. The number of rotatable bonds is 9. The van der Waals surface area contributed by atoms with E-state index in [1.165, 1.54) is 12.1 Å². The van der Waals surface area contributed by atoms with Crippen molar-refractivity contribution < 1.29 is 13.3 Å². The first-order chi connectivity index (χ1) is 13.9. The fourth-order valence-corrected chi connectivity index (χ4v) is 3.31. The Balaban J connectivity index is 1.47. The van der Waals surface area contributed by atoms with Crippen molar-refractivity contribution in [2.75, 3.05) is 23.7 Å². The molecule has 12 heteroatoms. The van der Waals surface area contributed by atoms with Gasteiger partial charge in [-0.25, -0.2) is 13.1 Å². The Hall–Kier alpha value is -3.64. The molecule has 0 unspecified atom stereocenters. The van der Waals surface area contributed by atoms with Crippen molar-refractivity contribution >= 4 is 33.0 Å². The van der Waals surface area contributed by atoms with Crippen molar-refractivity contribution in [3.63, 3.8) is 0 Å². The number of aromatic nitrogens is 3. The van der Waals surface area contributed by atoms with Gasteiger partial charge in [0.25, 0.3) is 5.69 Å². The van der Waals surface area contributed by atoms with Gasteiger partial charge in [0.2, 0.25) is 10.0 Å². The van der Waals surface area contributed by atoms with Crippen LogP contribution in [0, 0.1) is 10.1 Å². The Kier molecular flexibility index (Phi) is 6.26. The van der Waals surface area contributed by atoms with Gasteiger partial charge in [-0.1, -0.05) is 0 Å². The zero-order chi connectivity index (χ0) is 20.7. The van der Waals surface area contributed by atoms with Crippen LogP contribution in [0.1, 0.15) is 0 Å². The average Bonchev–Trinajstić information content (AvgIpc) is 2.73. The third-order valence-corrected chi connectivity index (χ3v) is 5.18. The maximum atomic E-state index is 12.2. The van der Waals surface area contributed by atoms with E-state index in [9.17, 15) is 18.5 Å². The molecule has 29 heavy (non-hydrogen) atoms. The minimum Gasteiger partial charge on any atom is -0.367 e. The second kappa shape index (κ2) is 9.03. The topological polar surface area (TPSA) is 152 Å². The fourth-order valence-electron chi connectivity index (χ4n) is 2.28. The molecule has 0 amide bonds. The molecular formula is C17H17N7O4S. The Morgan fingerprint density at radius 3 is 2.17 bits per heavy atom. The highest BCUT2D eigenvalue weighted by atomic mass is 32.2. The minimum atomic E-state index is -3.76. The predicted octanol–water partition coefficient (Wildman–Crippen LogP) is 1.91. The van der Waals surface area contributed by atoms with Crippen LogP contribution in [-0.2, 0) is 10.0 Å². The maximum Gasteiger partial charge on any atom is 0.269 e. The van der Waals surface area contributed by atoms with Crippen LogP contribution >= 0.6 is 0 Å². The van der Waals surface area contributed by atoms with Gasteiger partial charge in [0.05, 0.1) is 9.82 Å². The van der Waals surface area contributed by atoms with E-state index in [2.05, 4.69) is 30.5 Å². The van der Waals surface area contributed by atoms with Crippen molar-refractivity contribution in [3.8, 4) is 0 Å². The number of hydrogen-bond acceptors (Lipinski definition) is 9. The highest BCUT2D eigenvalue weighted by molar-refractivity contribution is 7.89. The summed E-state index contributed by atoms with van der Waals surface area (Å²) in [6, 6.07) is 11.7. The van der Waals surface area contributed by atoms with Gasteiger partial charge >= 0.3 is 0 Å². The number of non-ortho nitro benzene ring substituents is 1. The van der Waals surface area contributed by atoms with Crippen molar-refractivity contribution in [2.45, 2.75) is 4.90 Å². The van der Waals surface area contributed by atoms with E-state index in [1.54, 1.807) is 36.7 Å². The number of pyridine rings is 1. The van der Waals surface area contributed by atoms with Crippen molar-refractivity contribution in [1.82, 2.24) is 19.9 Å². The lowest BCUT2D eigenvalue weighted by Crippen LogP contribution is -2.29. The Labute approximate surface area is 166 Å². The Morgan fingerprint density at radius 1 is 0.897 bits per heavy atom. The van der Waals surface area contributed by atoms with E-state index in [1.807, 2.05) is 0 Å². The van der Waals surface area contributed by atoms with Gasteiger partial charge in [0.15, 0.2) is 5.82 Å². The van der Waals surface area contributed by atoms with Crippen LogP contribution in [0.2, 0.25) is 0 Å². The van der Waals surface area contributed by atoms with Crippen LogP contribution in [-0.4, -0.2) is 41.6 Å². The summed E-state index contributed by atoms with van der Waals surface area (Å²) in [6.45, 7) is 0.371. The van der Waals surface area contributed by atoms with Gasteiger partial charge < -0.3 is 10.6 Å². The zero-order valence-electron chi connectivity index (χ0n) is 15.0. The van der Waals surface area contributed by atoms with Gasteiger partial charge in [-0.05, 0) is 36.4 Å². The van der Waals surface area contributed by atoms with Gasteiger partial charge in [-0.2, -0.15) is 0 Å². The molecule has 0 saturated carbocycles. The van der Waals surface area contributed by atoms with Crippen LogP contribution in [0.3, 0.4) is 0 Å². The summed E-state index contributed by atoms with van der Waals surface area (Å²) >= 11 is 0. The third kappa shape index (κ3) is 5.67. The molecule has 0 saturated heterocycles. The molecule has 0 fully saturated rings. The lowest BCUT2D eigenvalue weighted by Gasteiger charge is -2.09. The Bertz CT molecular complexity index is 1060.